The van der Waals surface area contributed by atoms with Gasteiger partial charge in [-0.1, -0.05) is 31.1 Å². The highest BCUT2D eigenvalue weighted by molar-refractivity contribution is 8.00. The number of thioether (sulfide) groups is 1. The number of aromatic nitrogens is 1. The topological polar surface area (TPSA) is 81.8 Å². The highest BCUT2D eigenvalue weighted by atomic mass is 32.2. The van der Waals surface area contributed by atoms with Crippen LogP contribution in [0.4, 0.5) is 4.39 Å². The van der Waals surface area contributed by atoms with Crippen molar-refractivity contribution in [2.45, 2.75) is 56.6 Å². The number of nitrogens with zero attached hydrogens (tertiary/aromatic N) is 1. The van der Waals surface area contributed by atoms with E-state index in [-0.39, 0.29) is 18.3 Å². The fourth-order valence-corrected chi connectivity index (χ4v) is 5.30. The first-order valence-corrected chi connectivity index (χ1v) is 12.7. The van der Waals surface area contributed by atoms with Crippen LogP contribution in [0.25, 0.3) is 11.3 Å². The second kappa shape index (κ2) is 11.2. The summed E-state index contributed by atoms with van der Waals surface area (Å²) in [6.45, 7) is 4.31. The van der Waals surface area contributed by atoms with Crippen molar-refractivity contribution in [3.63, 3.8) is 0 Å². The van der Waals surface area contributed by atoms with Gasteiger partial charge >= 0.3 is 5.97 Å². The third-order valence-electron chi connectivity index (χ3n) is 5.75. The van der Waals surface area contributed by atoms with Gasteiger partial charge in [0.2, 0.25) is 0 Å². The number of methoxy groups -OCH3 is 1. The largest absolute Gasteiger partial charge is 0.497 e. The molecule has 1 unspecified atom stereocenters. The number of rotatable bonds is 12. The molecule has 1 atom stereocenters. The van der Waals surface area contributed by atoms with E-state index in [0.29, 0.717) is 46.1 Å². The Labute approximate surface area is 208 Å². The summed E-state index contributed by atoms with van der Waals surface area (Å²) in [5.74, 6) is 0.604. The normalized spacial score (nSPS) is 14.2. The Morgan fingerprint density at radius 2 is 2.03 bits per heavy atom. The lowest BCUT2D eigenvalue weighted by Crippen LogP contribution is -2.06. The molecule has 3 aromatic rings. The van der Waals surface area contributed by atoms with Gasteiger partial charge in [-0.25, -0.2) is 4.39 Å². The van der Waals surface area contributed by atoms with Gasteiger partial charge in [0.1, 0.15) is 29.6 Å². The highest BCUT2D eigenvalue weighted by Crippen LogP contribution is 2.45. The van der Waals surface area contributed by atoms with Crippen molar-refractivity contribution in [3.8, 4) is 22.8 Å². The quantitative estimate of drug-likeness (QED) is 0.298. The molecule has 1 aliphatic rings. The van der Waals surface area contributed by atoms with Crippen molar-refractivity contribution >= 4 is 17.7 Å². The van der Waals surface area contributed by atoms with Gasteiger partial charge in [0, 0.05) is 16.1 Å². The van der Waals surface area contributed by atoms with E-state index in [0.717, 1.165) is 24.0 Å². The summed E-state index contributed by atoms with van der Waals surface area (Å²) in [5, 5.41) is 14.0. The first-order valence-electron chi connectivity index (χ1n) is 11.8. The number of aliphatic carboxylic acids is 1. The molecule has 0 saturated heterocycles. The van der Waals surface area contributed by atoms with Crippen molar-refractivity contribution in [2.24, 2.45) is 5.92 Å². The Morgan fingerprint density at radius 1 is 1.23 bits per heavy atom. The molecule has 0 amide bonds. The maximum Gasteiger partial charge on any atom is 0.304 e. The molecule has 0 spiro atoms. The van der Waals surface area contributed by atoms with E-state index >= 15 is 0 Å². The summed E-state index contributed by atoms with van der Waals surface area (Å²) >= 11 is 1.72. The van der Waals surface area contributed by atoms with E-state index in [4.69, 9.17) is 14.0 Å². The Morgan fingerprint density at radius 3 is 2.71 bits per heavy atom. The summed E-state index contributed by atoms with van der Waals surface area (Å²) in [6.07, 6.45) is 2.99. The lowest BCUT2D eigenvalue weighted by atomic mass is 9.97. The fourth-order valence-electron chi connectivity index (χ4n) is 3.89. The molecule has 0 aliphatic heterocycles. The average molecular weight is 500 g/mol. The molecular weight excluding hydrogens is 469 g/mol. The van der Waals surface area contributed by atoms with Crippen LogP contribution in [0.3, 0.4) is 0 Å². The predicted octanol–water partition coefficient (Wildman–Crippen LogP) is 6.68. The van der Waals surface area contributed by atoms with Gasteiger partial charge in [-0.15, -0.1) is 11.8 Å². The van der Waals surface area contributed by atoms with Crippen molar-refractivity contribution in [1.82, 2.24) is 5.16 Å². The number of carboxylic acid groups (broad SMARTS) is 1. The molecule has 6 nitrogen and oxygen atoms in total. The minimum Gasteiger partial charge on any atom is -0.497 e. The molecule has 1 heterocycles. The smallest absolute Gasteiger partial charge is 0.304 e. The number of carboxylic acids is 1. The summed E-state index contributed by atoms with van der Waals surface area (Å²) in [4.78, 5) is 11.4. The molecular formula is C27H30FNO5S. The molecule has 35 heavy (non-hydrogen) atoms. The minimum absolute atomic E-state index is 0.0713. The first kappa shape index (κ1) is 25.1. The SMILES string of the molecule is COc1ccc(F)c(-c2onc(COc3cccc(C(CC(=O)O)SC4CC4)c3)c2CC(C)C)c1. The predicted molar refractivity (Wildman–Crippen MR) is 133 cm³/mol. The van der Waals surface area contributed by atoms with Crippen molar-refractivity contribution in [2.75, 3.05) is 7.11 Å². The van der Waals surface area contributed by atoms with Crippen molar-refractivity contribution in [1.29, 1.82) is 0 Å². The van der Waals surface area contributed by atoms with Crippen LogP contribution < -0.4 is 9.47 Å². The molecule has 1 aromatic heterocycles. The molecule has 8 heteroatoms. The number of carbonyl (C=O) groups is 1. The lowest BCUT2D eigenvalue weighted by Gasteiger charge is -2.16. The molecule has 0 bridgehead atoms. The van der Waals surface area contributed by atoms with E-state index < -0.39 is 11.8 Å². The zero-order chi connectivity index (χ0) is 24.9. The maximum atomic E-state index is 14.7. The van der Waals surface area contributed by atoms with Crippen molar-refractivity contribution in [3.05, 3.63) is 65.1 Å². The van der Waals surface area contributed by atoms with Crippen LogP contribution in [0.2, 0.25) is 0 Å². The van der Waals surface area contributed by atoms with Crippen LogP contribution in [0.5, 0.6) is 11.5 Å². The number of hydrogen-bond donors (Lipinski definition) is 1. The molecule has 1 N–H and O–H groups in total. The summed E-state index contributed by atoms with van der Waals surface area (Å²) in [5.41, 5.74) is 2.64. The molecule has 1 fully saturated rings. The number of benzene rings is 2. The Bertz CT molecular complexity index is 1170. The number of hydrogen-bond acceptors (Lipinski definition) is 6. The minimum atomic E-state index is -0.812. The third kappa shape index (κ3) is 6.57. The molecule has 4 rings (SSSR count). The van der Waals surface area contributed by atoms with Gasteiger partial charge in [0.25, 0.3) is 0 Å². The van der Waals surface area contributed by atoms with E-state index in [2.05, 4.69) is 19.0 Å². The second-order valence-corrected chi connectivity index (χ2v) is 10.7. The van der Waals surface area contributed by atoms with Crippen LogP contribution in [-0.2, 0) is 17.8 Å². The monoisotopic (exact) mass is 499 g/mol. The van der Waals surface area contributed by atoms with Gasteiger partial charge in [0.05, 0.1) is 19.1 Å². The molecule has 1 saturated carbocycles. The van der Waals surface area contributed by atoms with E-state index in [1.165, 1.54) is 13.2 Å². The van der Waals surface area contributed by atoms with Crippen LogP contribution >= 0.6 is 11.8 Å². The number of ether oxygens (including phenoxy) is 2. The average Bonchev–Trinajstić information content (AvgIpc) is 3.56. The highest BCUT2D eigenvalue weighted by Gasteiger charge is 2.28. The Kier molecular flexibility index (Phi) is 8.00. The van der Waals surface area contributed by atoms with Crippen LogP contribution in [0.1, 0.15) is 55.2 Å². The standard InChI is InChI=1S/C27H30FNO5S/c1-16(2)11-22-24(29-34-27(22)21-13-18(32-3)7-10-23(21)28)15-33-19-6-4-5-17(12-19)25(14-26(30)31)35-20-8-9-20/h4-7,10,12-13,16,20,25H,8-9,11,14-15H2,1-3H3,(H,30,31). The summed E-state index contributed by atoms with van der Waals surface area (Å²) < 4.78 is 31.6. The van der Waals surface area contributed by atoms with Gasteiger partial charge in [0.15, 0.2) is 5.76 Å². The molecule has 2 aromatic carbocycles. The van der Waals surface area contributed by atoms with Crippen LogP contribution in [-0.4, -0.2) is 28.6 Å². The van der Waals surface area contributed by atoms with Gasteiger partial charge < -0.3 is 19.1 Å². The number of halogens is 1. The summed E-state index contributed by atoms with van der Waals surface area (Å²) in [6, 6.07) is 12.1. The lowest BCUT2D eigenvalue weighted by molar-refractivity contribution is -0.137. The van der Waals surface area contributed by atoms with Gasteiger partial charge in [-0.2, -0.15) is 0 Å². The zero-order valence-electron chi connectivity index (χ0n) is 20.1. The zero-order valence-corrected chi connectivity index (χ0v) is 20.9. The maximum absolute atomic E-state index is 14.7. The first-order chi connectivity index (χ1) is 16.8. The molecule has 186 valence electrons. The van der Waals surface area contributed by atoms with Gasteiger partial charge in [-0.05, 0) is 61.1 Å². The van der Waals surface area contributed by atoms with E-state index in [1.54, 1.807) is 23.9 Å². The molecule has 1 aliphatic carbocycles. The Balaban J connectivity index is 1.56. The summed E-state index contributed by atoms with van der Waals surface area (Å²) in [7, 11) is 1.53. The van der Waals surface area contributed by atoms with Crippen molar-refractivity contribution < 1.29 is 28.3 Å². The van der Waals surface area contributed by atoms with Crippen LogP contribution in [0.15, 0.2) is 47.0 Å². The molecule has 0 radical (unpaired) electrons. The van der Waals surface area contributed by atoms with E-state index in [1.807, 2.05) is 24.3 Å². The fraction of sp³-hybridized carbons (Fsp3) is 0.407. The van der Waals surface area contributed by atoms with E-state index in [9.17, 15) is 14.3 Å². The van der Waals surface area contributed by atoms with Crippen LogP contribution in [0, 0.1) is 11.7 Å². The van der Waals surface area contributed by atoms with Gasteiger partial charge in [-0.3, -0.25) is 4.79 Å². The second-order valence-electron chi connectivity index (χ2n) is 9.16. The third-order valence-corrected chi connectivity index (χ3v) is 7.37. The Hall–Kier alpha value is -3.00.